The van der Waals surface area contributed by atoms with Crippen molar-refractivity contribution in [3.05, 3.63) is 48.0 Å². The van der Waals surface area contributed by atoms with Gasteiger partial charge in [0, 0.05) is 25.4 Å². The molecule has 124 valence electrons. The Labute approximate surface area is 139 Å². The first kappa shape index (κ1) is 17.5. The van der Waals surface area contributed by atoms with E-state index in [0.717, 1.165) is 17.0 Å². The normalized spacial score (nSPS) is 12.2. The van der Waals surface area contributed by atoms with Crippen LogP contribution in [-0.2, 0) is 11.3 Å². The number of benzene rings is 1. The van der Waals surface area contributed by atoms with Crippen LogP contribution in [0.1, 0.15) is 12.0 Å². The fourth-order valence-corrected chi connectivity index (χ4v) is 2.59. The first-order valence-electron chi connectivity index (χ1n) is 7.22. The van der Waals surface area contributed by atoms with E-state index in [-0.39, 0.29) is 11.7 Å². The number of thioether (sulfide) groups is 1. The molecule has 2 rings (SSSR count). The first-order valence-corrected chi connectivity index (χ1v) is 8.62. The van der Waals surface area contributed by atoms with Crippen LogP contribution in [0.4, 0.5) is 4.39 Å². The molecule has 1 heterocycles. The van der Waals surface area contributed by atoms with Gasteiger partial charge in [-0.3, -0.25) is 4.79 Å². The van der Waals surface area contributed by atoms with Gasteiger partial charge in [0.15, 0.2) is 0 Å². The molecule has 1 atom stereocenters. The highest BCUT2D eigenvalue weighted by Gasteiger charge is 2.19. The summed E-state index contributed by atoms with van der Waals surface area (Å²) in [6.07, 6.45) is 4.84. The van der Waals surface area contributed by atoms with E-state index in [9.17, 15) is 14.3 Å². The topological polar surface area (TPSA) is 58.4 Å². The lowest BCUT2D eigenvalue weighted by atomic mass is 10.2. The van der Waals surface area contributed by atoms with Gasteiger partial charge >= 0.3 is 0 Å². The summed E-state index contributed by atoms with van der Waals surface area (Å²) in [7, 11) is 1.65. The first-order chi connectivity index (χ1) is 11.0. The van der Waals surface area contributed by atoms with E-state index >= 15 is 0 Å². The molecule has 1 amide bonds. The second-order valence-electron chi connectivity index (χ2n) is 5.26. The minimum Gasteiger partial charge on any atom is -0.383 e. The third kappa shape index (κ3) is 4.80. The Kier molecular flexibility index (Phi) is 6.18. The molecule has 0 aliphatic heterocycles. The third-order valence-electron chi connectivity index (χ3n) is 3.40. The van der Waals surface area contributed by atoms with Crippen molar-refractivity contribution >= 4 is 17.7 Å². The molecule has 0 spiro atoms. The number of carbonyl (C=O) groups excluding carboxylic acids is 1. The van der Waals surface area contributed by atoms with Crippen LogP contribution < -0.4 is 0 Å². The van der Waals surface area contributed by atoms with Crippen LogP contribution in [0.3, 0.4) is 0 Å². The van der Waals surface area contributed by atoms with Gasteiger partial charge in [0.1, 0.15) is 11.9 Å². The van der Waals surface area contributed by atoms with E-state index in [1.54, 1.807) is 48.0 Å². The van der Waals surface area contributed by atoms with Gasteiger partial charge in [0.05, 0.1) is 11.9 Å². The van der Waals surface area contributed by atoms with Gasteiger partial charge in [-0.2, -0.15) is 16.9 Å². The van der Waals surface area contributed by atoms with Crippen LogP contribution in [0.2, 0.25) is 0 Å². The number of hydrogen-bond acceptors (Lipinski definition) is 4. The maximum absolute atomic E-state index is 12.9. The molecule has 0 radical (unpaired) electrons. The van der Waals surface area contributed by atoms with E-state index in [1.807, 2.05) is 6.26 Å². The summed E-state index contributed by atoms with van der Waals surface area (Å²) in [5, 5.41) is 14.1. The van der Waals surface area contributed by atoms with Crippen molar-refractivity contribution in [3.63, 3.8) is 0 Å². The number of rotatable bonds is 7. The van der Waals surface area contributed by atoms with E-state index in [1.165, 1.54) is 17.0 Å². The second-order valence-corrected chi connectivity index (χ2v) is 6.25. The fraction of sp³-hybridized carbons (Fsp3) is 0.375. The summed E-state index contributed by atoms with van der Waals surface area (Å²) in [4.78, 5) is 13.5. The Morgan fingerprint density at radius 3 is 2.78 bits per heavy atom. The van der Waals surface area contributed by atoms with Crippen molar-refractivity contribution in [2.75, 3.05) is 19.1 Å². The quantitative estimate of drug-likeness (QED) is 0.840. The lowest BCUT2D eigenvalue weighted by Crippen LogP contribution is -2.36. The molecule has 0 unspecified atom stereocenters. The molecule has 1 aromatic carbocycles. The number of likely N-dealkylation sites (N-methyl/N-ethyl adjacent to an activating group) is 1. The van der Waals surface area contributed by atoms with Crippen LogP contribution in [0, 0.1) is 5.82 Å². The number of amides is 1. The summed E-state index contributed by atoms with van der Waals surface area (Å²) in [6, 6.07) is 6.00. The lowest BCUT2D eigenvalue weighted by molar-refractivity contribution is -0.139. The predicted octanol–water partition coefficient (Wildman–Crippen LogP) is 2.08. The zero-order valence-corrected chi connectivity index (χ0v) is 14.0. The number of carbonyl (C=O) groups is 1. The maximum Gasteiger partial charge on any atom is 0.251 e. The Bertz CT molecular complexity index is 645. The molecule has 0 saturated heterocycles. The summed E-state index contributed by atoms with van der Waals surface area (Å²) in [5.74, 6) is 0.141. The largest absolute Gasteiger partial charge is 0.383 e. The van der Waals surface area contributed by atoms with Crippen LogP contribution in [-0.4, -0.2) is 50.9 Å². The molecule has 7 heteroatoms. The van der Waals surface area contributed by atoms with E-state index in [0.29, 0.717) is 13.0 Å². The number of aromatic nitrogens is 2. The van der Waals surface area contributed by atoms with E-state index in [2.05, 4.69) is 5.10 Å². The molecular formula is C16H20FN3O2S. The van der Waals surface area contributed by atoms with Gasteiger partial charge < -0.3 is 10.0 Å². The lowest BCUT2D eigenvalue weighted by Gasteiger charge is -2.19. The Morgan fingerprint density at radius 2 is 2.13 bits per heavy atom. The van der Waals surface area contributed by atoms with Gasteiger partial charge in [-0.15, -0.1) is 0 Å². The third-order valence-corrected chi connectivity index (χ3v) is 4.05. The van der Waals surface area contributed by atoms with Crippen molar-refractivity contribution in [2.45, 2.75) is 19.1 Å². The van der Waals surface area contributed by atoms with Crippen molar-refractivity contribution in [2.24, 2.45) is 0 Å². The average molecular weight is 337 g/mol. The zero-order valence-electron chi connectivity index (χ0n) is 13.1. The van der Waals surface area contributed by atoms with Crippen LogP contribution >= 0.6 is 11.8 Å². The molecule has 23 heavy (non-hydrogen) atoms. The van der Waals surface area contributed by atoms with Crippen molar-refractivity contribution in [1.82, 2.24) is 14.7 Å². The van der Waals surface area contributed by atoms with Crippen LogP contribution in [0.15, 0.2) is 36.7 Å². The van der Waals surface area contributed by atoms with Crippen LogP contribution in [0.25, 0.3) is 5.69 Å². The van der Waals surface area contributed by atoms with Gasteiger partial charge in [-0.05, 0) is 42.7 Å². The molecular weight excluding hydrogens is 317 g/mol. The molecule has 0 bridgehead atoms. The van der Waals surface area contributed by atoms with Gasteiger partial charge in [0.25, 0.3) is 5.91 Å². The smallest absolute Gasteiger partial charge is 0.251 e. The number of halogens is 1. The van der Waals surface area contributed by atoms with Gasteiger partial charge in [-0.25, -0.2) is 9.07 Å². The van der Waals surface area contributed by atoms with Gasteiger partial charge in [0.2, 0.25) is 0 Å². The van der Waals surface area contributed by atoms with Gasteiger partial charge in [-0.1, -0.05) is 0 Å². The highest BCUT2D eigenvalue weighted by atomic mass is 32.2. The second kappa shape index (κ2) is 8.12. The predicted molar refractivity (Wildman–Crippen MR) is 89.0 cm³/mol. The molecule has 0 saturated carbocycles. The SMILES string of the molecule is CSCC[C@H](O)C(=O)N(C)Cc1cnn(-c2ccc(F)cc2)c1. The van der Waals surface area contributed by atoms with E-state index < -0.39 is 6.10 Å². The Balaban J connectivity index is 1.98. The number of aliphatic hydroxyl groups is 1. The fourth-order valence-electron chi connectivity index (χ4n) is 2.14. The molecule has 0 aliphatic carbocycles. The maximum atomic E-state index is 12.9. The van der Waals surface area contributed by atoms with Crippen LogP contribution in [0.5, 0.6) is 0 Å². The molecule has 0 fully saturated rings. The molecule has 1 N–H and O–H groups in total. The van der Waals surface area contributed by atoms with Crippen molar-refractivity contribution in [3.8, 4) is 5.69 Å². The highest BCUT2D eigenvalue weighted by molar-refractivity contribution is 7.98. The summed E-state index contributed by atoms with van der Waals surface area (Å²) in [5.41, 5.74) is 1.58. The van der Waals surface area contributed by atoms with E-state index in [4.69, 9.17) is 0 Å². The summed E-state index contributed by atoms with van der Waals surface area (Å²) >= 11 is 1.59. The monoisotopic (exact) mass is 337 g/mol. The van der Waals surface area contributed by atoms with Crippen molar-refractivity contribution in [1.29, 1.82) is 0 Å². The van der Waals surface area contributed by atoms with Crippen molar-refractivity contribution < 1.29 is 14.3 Å². The minimum absolute atomic E-state index is 0.298. The Hall–Kier alpha value is -1.86. The number of aliphatic hydroxyl groups excluding tert-OH is 1. The summed E-state index contributed by atoms with van der Waals surface area (Å²) < 4.78 is 14.6. The highest BCUT2D eigenvalue weighted by Crippen LogP contribution is 2.11. The summed E-state index contributed by atoms with van der Waals surface area (Å²) in [6.45, 7) is 0.357. The minimum atomic E-state index is -0.973. The molecule has 0 aliphatic rings. The zero-order chi connectivity index (χ0) is 16.8. The average Bonchev–Trinajstić information content (AvgIpc) is 3.00. The molecule has 2 aromatic rings. The molecule has 5 nitrogen and oxygen atoms in total. The standard InChI is InChI=1S/C16H20FN3O2S/c1-19(16(22)15(21)7-8-23-2)10-12-9-18-20(11-12)14-5-3-13(17)4-6-14/h3-6,9,11,15,21H,7-8,10H2,1-2H3/t15-/m0/s1. The number of hydrogen-bond donors (Lipinski definition) is 1. The number of nitrogens with zero attached hydrogens (tertiary/aromatic N) is 3. The Morgan fingerprint density at radius 1 is 1.43 bits per heavy atom. The molecule has 1 aromatic heterocycles.